The Morgan fingerprint density at radius 3 is 2.04 bits per heavy atom. The highest BCUT2D eigenvalue weighted by Crippen LogP contribution is 2.34. The molecule has 0 heterocycles. The summed E-state index contributed by atoms with van der Waals surface area (Å²) in [6.07, 6.45) is 0.615. The number of carbonyl (C=O) groups is 1. The minimum atomic E-state index is -0.111. The molecule has 0 N–H and O–H groups in total. The fourth-order valence-corrected chi connectivity index (χ4v) is 1.65. The minimum absolute atomic E-state index is 0.110. The summed E-state index contributed by atoms with van der Waals surface area (Å²) in [5.74, 6) is 0.270. The molecule has 1 aromatic carbocycles. The van der Waals surface area contributed by atoms with E-state index in [2.05, 4.69) is 0 Å². The first kappa shape index (κ1) is 19.9. The summed E-state index contributed by atoms with van der Waals surface area (Å²) in [5, 5.41) is 9.21. The van der Waals surface area contributed by atoms with Gasteiger partial charge in [-0.15, -0.1) is 0 Å². The van der Waals surface area contributed by atoms with Crippen molar-refractivity contribution in [2.75, 3.05) is 54.2 Å². The van der Waals surface area contributed by atoms with Crippen LogP contribution in [0.4, 0.5) is 0 Å². The highest BCUT2D eigenvalue weighted by atomic mass is 16.7. The Balaban J connectivity index is 2.79. The van der Waals surface area contributed by atoms with Crippen LogP contribution in [0.1, 0.15) is 15.9 Å². The zero-order valence-electron chi connectivity index (χ0n) is 13.8. The summed E-state index contributed by atoms with van der Waals surface area (Å²) >= 11 is 0. The average Bonchev–Trinajstić information content (AvgIpc) is 2.61. The van der Waals surface area contributed by atoms with Crippen LogP contribution < -0.4 is 9.47 Å². The van der Waals surface area contributed by atoms with Gasteiger partial charge < -0.3 is 28.4 Å². The summed E-state index contributed by atoms with van der Waals surface area (Å²) in [4.78, 5) is 11.2. The van der Waals surface area contributed by atoms with Crippen molar-refractivity contribution in [1.29, 1.82) is 5.26 Å². The maximum Gasteiger partial charge on any atom is 0.189 e. The zero-order valence-corrected chi connectivity index (χ0v) is 13.8. The van der Waals surface area contributed by atoms with Crippen molar-refractivity contribution in [3.8, 4) is 17.6 Å². The molecule has 8 nitrogen and oxygen atoms in total. The van der Waals surface area contributed by atoms with E-state index in [-0.39, 0.29) is 36.2 Å². The molecule has 0 fully saturated rings. The van der Waals surface area contributed by atoms with E-state index in [0.717, 1.165) is 0 Å². The maximum atomic E-state index is 11.2. The second-order valence-corrected chi connectivity index (χ2v) is 4.42. The third-order valence-electron chi connectivity index (χ3n) is 2.83. The van der Waals surface area contributed by atoms with Crippen LogP contribution in [0.15, 0.2) is 12.1 Å². The van der Waals surface area contributed by atoms with Crippen molar-refractivity contribution in [2.24, 2.45) is 0 Å². The molecule has 0 saturated carbocycles. The first-order valence-corrected chi connectivity index (χ1v) is 7.19. The fraction of sp³-hybridized carbons (Fsp3) is 0.500. The Hall–Kier alpha value is -2.18. The van der Waals surface area contributed by atoms with Crippen LogP contribution in [-0.4, -0.2) is 60.5 Å². The Morgan fingerprint density at radius 1 is 0.958 bits per heavy atom. The summed E-state index contributed by atoms with van der Waals surface area (Å²) < 4.78 is 31.1. The van der Waals surface area contributed by atoms with Gasteiger partial charge in [0.15, 0.2) is 31.4 Å². The second-order valence-electron chi connectivity index (χ2n) is 4.42. The highest BCUT2D eigenvalue weighted by Gasteiger charge is 2.16. The molecule has 1 aromatic rings. The van der Waals surface area contributed by atoms with Crippen LogP contribution in [0.25, 0.3) is 0 Å². The van der Waals surface area contributed by atoms with Gasteiger partial charge in [0, 0.05) is 14.2 Å². The van der Waals surface area contributed by atoms with Gasteiger partial charge in [0.25, 0.3) is 0 Å². The summed E-state index contributed by atoms with van der Waals surface area (Å²) in [7, 11) is 3.11. The Kier molecular flexibility index (Phi) is 10.2. The number of aldehydes is 1. The number of hydrogen-bond acceptors (Lipinski definition) is 8. The van der Waals surface area contributed by atoms with Crippen LogP contribution >= 0.6 is 0 Å². The molecule has 0 amide bonds. The second kappa shape index (κ2) is 12.3. The van der Waals surface area contributed by atoms with Crippen LogP contribution in [0.2, 0.25) is 0 Å². The first-order chi connectivity index (χ1) is 11.8. The zero-order chi connectivity index (χ0) is 17.6. The van der Waals surface area contributed by atoms with Crippen molar-refractivity contribution in [3.05, 3.63) is 23.3 Å². The van der Waals surface area contributed by atoms with Gasteiger partial charge >= 0.3 is 0 Å². The van der Waals surface area contributed by atoms with E-state index >= 15 is 0 Å². The van der Waals surface area contributed by atoms with E-state index in [1.165, 1.54) is 12.1 Å². The number of nitrogens with zero attached hydrogens (tertiary/aromatic N) is 1. The number of carbonyl (C=O) groups excluding carboxylic acids is 1. The van der Waals surface area contributed by atoms with Gasteiger partial charge in [0.05, 0.1) is 37.6 Å². The van der Waals surface area contributed by atoms with E-state index in [4.69, 9.17) is 28.4 Å². The largest absolute Gasteiger partial charge is 0.463 e. The van der Waals surface area contributed by atoms with E-state index < -0.39 is 0 Å². The number of methoxy groups -OCH3 is 2. The Labute approximate surface area is 140 Å². The lowest BCUT2D eigenvalue weighted by Crippen LogP contribution is -2.12. The van der Waals surface area contributed by atoms with Crippen LogP contribution in [0.3, 0.4) is 0 Å². The third-order valence-corrected chi connectivity index (χ3v) is 2.83. The SMILES string of the molecule is COCCOCOc1c(C#N)ccc(C=O)c1OCOCCOC. The molecule has 0 aliphatic heterocycles. The van der Waals surface area contributed by atoms with Gasteiger partial charge in [-0.25, -0.2) is 0 Å². The van der Waals surface area contributed by atoms with E-state index in [9.17, 15) is 10.1 Å². The molecule has 0 aliphatic carbocycles. The lowest BCUT2D eigenvalue weighted by atomic mass is 10.1. The monoisotopic (exact) mass is 339 g/mol. The summed E-state index contributed by atoms with van der Waals surface area (Å²) in [6, 6.07) is 4.95. The molecule has 0 bridgehead atoms. The lowest BCUT2D eigenvalue weighted by Gasteiger charge is -2.15. The average molecular weight is 339 g/mol. The lowest BCUT2D eigenvalue weighted by molar-refractivity contribution is -0.0209. The standard InChI is InChI=1S/C16H21NO7/c1-19-5-7-21-11-23-15-13(9-17)3-4-14(10-18)16(15)24-12-22-8-6-20-2/h3-4,10H,5-8,11-12H2,1-2H3. The molecule has 1 rings (SSSR count). The summed E-state index contributed by atoms with van der Waals surface area (Å²) in [6.45, 7) is 1.28. The third kappa shape index (κ3) is 6.52. The number of ether oxygens (including phenoxy) is 6. The molecule has 0 aromatic heterocycles. The topological polar surface area (TPSA) is 96.2 Å². The minimum Gasteiger partial charge on any atom is -0.463 e. The molecule has 132 valence electrons. The van der Waals surface area contributed by atoms with Crippen molar-refractivity contribution < 1.29 is 33.2 Å². The quantitative estimate of drug-likeness (QED) is 0.302. The molecule has 0 radical (unpaired) electrons. The molecule has 0 saturated heterocycles. The van der Waals surface area contributed by atoms with E-state index in [1.807, 2.05) is 6.07 Å². The van der Waals surface area contributed by atoms with E-state index in [1.54, 1.807) is 14.2 Å². The molecule has 8 heteroatoms. The molecular weight excluding hydrogens is 318 g/mol. The van der Waals surface area contributed by atoms with Gasteiger partial charge in [0.2, 0.25) is 0 Å². The normalized spacial score (nSPS) is 10.2. The predicted octanol–water partition coefficient (Wildman–Crippen LogP) is 1.37. The van der Waals surface area contributed by atoms with Gasteiger partial charge in [-0.05, 0) is 12.1 Å². The molecule has 0 atom stereocenters. The van der Waals surface area contributed by atoms with Crippen molar-refractivity contribution >= 4 is 6.29 Å². The summed E-state index contributed by atoms with van der Waals surface area (Å²) in [5.41, 5.74) is 0.471. The Morgan fingerprint density at radius 2 is 1.54 bits per heavy atom. The smallest absolute Gasteiger partial charge is 0.189 e. The van der Waals surface area contributed by atoms with Gasteiger partial charge in [-0.3, -0.25) is 4.79 Å². The van der Waals surface area contributed by atoms with Crippen molar-refractivity contribution in [3.63, 3.8) is 0 Å². The van der Waals surface area contributed by atoms with Crippen molar-refractivity contribution in [1.82, 2.24) is 0 Å². The van der Waals surface area contributed by atoms with Crippen molar-refractivity contribution in [2.45, 2.75) is 0 Å². The van der Waals surface area contributed by atoms with Gasteiger partial charge in [-0.1, -0.05) is 0 Å². The molecule has 24 heavy (non-hydrogen) atoms. The number of nitriles is 1. The van der Waals surface area contributed by atoms with Crippen LogP contribution in [0.5, 0.6) is 11.5 Å². The molecular formula is C16H21NO7. The Bertz CT molecular complexity index is 542. The molecule has 0 aliphatic rings. The molecule has 0 unspecified atom stereocenters. The maximum absolute atomic E-state index is 11.2. The fourth-order valence-electron chi connectivity index (χ4n) is 1.65. The van der Waals surface area contributed by atoms with Crippen LogP contribution in [-0.2, 0) is 18.9 Å². The number of benzene rings is 1. The number of hydrogen-bond donors (Lipinski definition) is 0. The van der Waals surface area contributed by atoms with Gasteiger partial charge in [-0.2, -0.15) is 5.26 Å². The number of rotatable bonds is 13. The van der Waals surface area contributed by atoms with Crippen LogP contribution in [0, 0.1) is 11.3 Å². The van der Waals surface area contributed by atoms with E-state index in [0.29, 0.717) is 32.7 Å². The highest BCUT2D eigenvalue weighted by molar-refractivity contribution is 5.82. The van der Waals surface area contributed by atoms with Gasteiger partial charge in [0.1, 0.15) is 6.07 Å². The molecule has 0 spiro atoms. The first-order valence-electron chi connectivity index (χ1n) is 7.19. The predicted molar refractivity (Wildman–Crippen MR) is 83.2 cm³/mol.